The van der Waals surface area contributed by atoms with Crippen molar-refractivity contribution in [1.29, 1.82) is 0 Å². The molecule has 0 amide bonds. The highest BCUT2D eigenvalue weighted by Gasteiger charge is 2.52. The number of imidazole rings is 1. The lowest BCUT2D eigenvalue weighted by Gasteiger charge is -2.43. The molecule has 12 heteroatoms. The van der Waals surface area contributed by atoms with Gasteiger partial charge in [0.1, 0.15) is 12.7 Å². The minimum Gasteiger partial charge on any atom is -0.463 e. The number of esters is 4. The van der Waals surface area contributed by atoms with Gasteiger partial charge in [0.25, 0.3) is 0 Å². The molecule has 33 heavy (non-hydrogen) atoms. The Kier molecular flexibility index (Phi) is 7.92. The van der Waals surface area contributed by atoms with E-state index >= 15 is 0 Å². The number of ether oxygens (including phenoxy) is 5. The lowest BCUT2D eigenvalue weighted by atomic mass is 9.99. The normalized spacial score (nSPS) is 24.7. The van der Waals surface area contributed by atoms with Crippen LogP contribution >= 0.6 is 11.8 Å². The van der Waals surface area contributed by atoms with Crippen LogP contribution in [0, 0.1) is 0 Å². The average molecular weight is 480 g/mol. The van der Waals surface area contributed by atoms with Crippen LogP contribution in [0.3, 0.4) is 0 Å². The van der Waals surface area contributed by atoms with Crippen LogP contribution in [0.2, 0.25) is 0 Å². The molecule has 1 aliphatic heterocycles. The number of H-pyrrole nitrogens is 1. The molecule has 0 aliphatic carbocycles. The van der Waals surface area contributed by atoms with Crippen LogP contribution in [0.4, 0.5) is 0 Å². The highest BCUT2D eigenvalue weighted by Crippen LogP contribution is 2.37. The van der Waals surface area contributed by atoms with Crippen LogP contribution < -0.4 is 0 Å². The molecule has 0 bridgehead atoms. The van der Waals surface area contributed by atoms with Gasteiger partial charge >= 0.3 is 23.9 Å². The minimum absolute atomic E-state index is 0.283. The van der Waals surface area contributed by atoms with Crippen LogP contribution in [0.25, 0.3) is 11.0 Å². The van der Waals surface area contributed by atoms with Gasteiger partial charge in [-0.05, 0) is 12.1 Å². The molecular formula is C21H24N2O9S. The number of carbonyl (C=O) groups is 4. The van der Waals surface area contributed by atoms with E-state index in [1.54, 1.807) is 0 Å². The summed E-state index contributed by atoms with van der Waals surface area (Å²) < 4.78 is 27.4. The topological polar surface area (TPSA) is 143 Å². The molecule has 0 saturated carbocycles. The summed E-state index contributed by atoms with van der Waals surface area (Å²) in [6.07, 6.45) is -4.56. The smallest absolute Gasteiger partial charge is 0.303 e. The number of nitrogens with zero attached hydrogens (tertiary/aromatic N) is 1. The third kappa shape index (κ3) is 6.45. The minimum atomic E-state index is -1.22. The predicted octanol–water partition coefficient (Wildman–Crippen LogP) is 1.74. The molecule has 1 saturated heterocycles. The van der Waals surface area contributed by atoms with E-state index in [0.29, 0.717) is 10.7 Å². The standard InChI is InChI=1S/C21H24N2O9S/c1-10(24)28-9-16-17(29-11(2)25)18(30-12(3)26)19(31-13(4)27)20(32-16)33-21-22-14-7-5-6-8-15(14)23-21/h5-8,16-20H,9H2,1-4H3,(H,22,23). The van der Waals surface area contributed by atoms with Crippen molar-refractivity contribution in [2.75, 3.05) is 6.61 Å². The molecule has 1 aliphatic rings. The van der Waals surface area contributed by atoms with Gasteiger partial charge in [-0.2, -0.15) is 0 Å². The molecule has 3 rings (SSSR count). The maximum absolute atomic E-state index is 11.9. The summed E-state index contributed by atoms with van der Waals surface area (Å²) in [5.41, 5.74) is 0.558. The molecule has 0 spiro atoms. The van der Waals surface area contributed by atoms with Gasteiger partial charge in [0.15, 0.2) is 28.9 Å². The number of carbonyl (C=O) groups excluding carboxylic acids is 4. The molecule has 1 N–H and O–H groups in total. The zero-order valence-corrected chi connectivity index (χ0v) is 19.2. The number of nitrogens with one attached hydrogen (secondary N) is 1. The van der Waals surface area contributed by atoms with Crippen LogP contribution in [0.15, 0.2) is 29.4 Å². The number of rotatable bonds is 7. The summed E-state index contributed by atoms with van der Waals surface area (Å²) in [5.74, 6) is -2.60. The van der Waals surface area contributed by atoms with E-state index in [9.17, 15) is 19.2 Å². The van der Waals surface area contributed by atoms with Crippen molar-refractivity contribution in [2.24, 2.45) is 0 Å². The predicted molar refractivity (Wildman–Crippen MR) is 114 cm³/mol. The monoisotopic (exact) mass is 480 g/mol. The Balaban J connectivity index is 1.98. The van der Waals surface area contributed by atoms with Crippen molar-refractivity contribution in [3.63, 3.8) is 0 Å². The zero-order chi connectivity index (χ0) is 24.1. The number of aromatic nitrogens is 2. The van der Waals surface area contributed by atoms with Crippen molar-refractivity contribution < 1.29 is 42.9 Å². The third-order valence-electron chi connectivity index (χ3n) is 4.54. The van der Waals surface area contributed by atoms with Crippen LogP contribution in [0.1, 0.15) is 27.7 Å². The van der Waals surface area contributed by atoms with Gasteiger partial charge in [0.2, 0.25) is 0 Å². The van der Waals surface area contributed by atoms with Crippen molar-refractivity contribution >= 4 is 46.7 Å². The number of aromatic amines is 1. The Labute approximate surface area is 193 Å². The zero-order valence-electron chi connectivity index (χ0n) is 18.4. The number of fused-ring (bicyclic) bond motifs is 1. The maximum Gasteiger partial charge on any atom is 0.303 e. The van der Waals surface area contributed by atoms with Gasteiger partial charge in [0.05, 0.1) is 11.0 Å². The molecule has 11 nitrogen and oxygen atoms in total. The van der Waals surface area contributed by atoms with Crippen LogP contribution in [0.5, 0.6) is 0 Å². The van der Waals surface area contributed by atoms with E-state index in [1.807, 2.05) is 24.3 Å². The van der Waals surface area contributed by atoms with E-state index in [1.165, 1.54) is 27.7 Å². The Morgan fingerprint density at radius 3 is 2.12 bits per heavy atom. The van der Waals surface area contributed by atoms with Gasteiger partial charge in [-0.15, -0.1) is 0 Å². The summed E-state index contributed by atoms with van der Waals surface area (Å²) in [6.45, 7) is 4.47. The highest BCUT2D eigenvalue weighted by molar-refractivity contribution is 7.99. The van der Waals surface area contributed by atoms with E-state index in [2.05, 4.69) is 9.97 Å². The van der Waals surface area contributed by atoms with Gasteiger partial charge in [-0.25, -0.2) is 4.98 Å². The molecule has 0 radical (unpaired) electrons. The second kappa shape index (κ2) is 10.7. The van der Waals surface area contributed by atoms with E-state index in [0.717, 1.165) is 17.3 Å². The summed E-state index contributed by atoms with van der Waals surface area (Å²) in [4.78, 5) is 54.5. The van der Waals surface area contributed by atoms with Gasteiger partial charge in [-0.3, -0.25) is 19.2 Å². The number of benzene rings is 1. The Bertz CT molecular complexity index is 1010. The first-order chi connectivity index (χ1) is 15.6. The highest BCUT2D eigenvalue weighted by atomic mass is 32.2. The molecule has 178 valence electrons. The first-order valence-corrected chi connectivity index (χ1v) is 10.9. The summed E-state index contributed by atoms with van der Waals surface area (Å²) in [6, 6.07) is 7.36. The lowest BCUT2D eigenvalue weighted by molar-refractivity contribution is -0.237. The second-order valence-electron chi connectivity index (χ2n) is 7.24. The summed E-state index contributed by atoms with van der Waals surface area (Å²) in [7, 11) is 0. The van der Waals surface area contributed by atoms with E-state index in [4.69, 9.17) is 23.7 Å². The maximum atomic E-state index is 11.9. The lowest BCUT2D eigenvalue weighted by Crippen LogP contribution is -2.61. The Hall–Kier alpha value is -3.12. The summed E-state index contributed by atoms with van der Waals surface area (Å²) >= 11 is 1.09. The number of thioether (sulfide) groups is 1. The first kappa shape index (κ1) is 24.5. The van der Waals surface area contributed by atoms with Crippen molar-refractivity contribution in [3.05, 3.63) is 24.3 Å². The fourth-order valence-corrected chi connectivity index (χ4v) is 4.46. The largest absolute Gasteiger partial charge is 0.463 e. The molecule has 5 unspecified atom stereocenters. The van der Waals surface area contributed by atoms with Crippen LogP contribution in [-0.4, -0.2) is 70.3 Å². The second-order valence-corrected chi connectivity index (χ2v) is 8.33. The first-order valence-electron chi connectivity index (χ1n) is 10.1. The van der Waals surface area contributed by atoms with Gasteiger partial charge in [-0.1, -0.05) is 23.9 Å². The number of para-hydroxylation sites is 2. The number of hydrogen-bond acceptors (Lipinski definition) is 11. The van der Waals surface area contributed by atoms with Crippen molar-refractivity contribution in [2.45, 2.75) is 62.7 Å². The SMILES string of the molecule is CC(=O)OCC1OC(Sc2nc3ccccc3[nH]2)C(OC(C)=O)C(OC(C)=O)C1OC(C)=O. The molecule has 5 atom stereocenters. The molecule has 2 aromatic rings. The van der Waals surface area contributed by atoms with E-state index < -0.39 is 53.7 Å². The van der Waals surface area contributed by atoms with Crippen LogP contribution in [-0.2, 0) is 42.9 Å². The molecular weight excluding hydrogens is 456 g/mol. The Morgan fingerprint density at radius 2 is 1.52 bits per heavy atom. The molecule has 1 aromatic heterocycles. The summed E-state index contributed by atoms with van der Waals surface area (Å²) in [5, 5.41) is 0.456. The molecule has 2 heterocycles. The molecule has 1 aromatic carbocycles. The molecule has 1 fully saturated rings. The van der Waals surface area contributed by atoms with Crippen molar-refractivity contribution in [1.82, 2.24) is 9.97 Å². The Morgan fingerprint density at radius 1 is 0.909 bits per heavy atom. The fourth-order valence-electron chi connectivity index (χ4n) is 3.38. The van der Waals surface area contributed by atoms with E-state index in [-0.39, 0.29) is 6.61 Å². The quantitative estimate of drug-likeness (QED) is 0.457. The van der Waals surface area contributed by atoms with Crippen molar-refractivity contribution in [3.8, 4) is 0 Å². The van der Waals surface area contributed by atoms with Gasteiger partial charge < -0.3 is 28.7 Å². The number of hydrogen-bond donors (Lipinski definition) is 1. The van der Waals surface area contributed by atoms with Gasteiger partial charge in [0, 0.05) is 27.7 Å². The fraction of sp³-hybridized carbons (Fsp3) is 0.476. The average Bonchev–Trinajstić information content (AvgIpc) is 3.12. The third-order valence-corrected chi connectivity index (χ3v) is 5.57.